The zero-order valence-corrected chi connectivity index (χ0v) is 3.98. The largest absolute Gasteiger partial charge is 0.373 e. The SMILES string of the molecule is CC[CH]C1CO1. The third-order valence-electron chi connectivity index (χ3n) is 0.858. The molecule has 1 saturated heterocycles. The van der Waals surface area contributed by atoms with Gasteiger partial charge in [0.2, 0.25) is 0 Å². The van der Waals surface area contributed by atoms with Crippen molar-refractivity contribution in [2.45, 2.75) is 19.4 Å². The monoisotopic (exact) mass is 85.1 g/mol. The molecule has 1 aliphatic rings. The summed E-state index contributed by atoms with van der Waals surface area (Å²) in [7, 11) is 0. The van der Waals surface area contributed by atoms with E-state index in [-0.39, 0.29) is 0 Å². The molecule has 1 heterocycles. The van der Waals surface area contributed by atoms with E-state index >= 15 is 0 Å². The van der Waals surface area contributed by atoms with Crippen molar-refractivity contribution in [2.75, 3.05) is 6.61 Å². The maximum absolute atomic E-state index is 4.89. The Morgan fingerprint density at radius 3 is 2.83 bits per heavy atom. The maximum atomic E-state index is 4.89. The topological polar surface area (TPSA) is 12.5 Å². The first kappa shape index (κ1) is 4.13. The van der Waals surface area contributed by atoms with Gasteiger partial charge in [0, 0.05) is 0 Å². The molecule has 1 unspecified atom stereocenters. The molecule has 0 amide bonds. The Bertz CT molecular complexity index is 39.2. The van der Waals surface area contributed by atoms with E-state index in [1.165, 1.54) is 0 Å². The molecule has 0 aromatic carbocycles. The number of hydrogen-bond donors (Lipinski definition) is 0. The second-order valence-electron chi connectivity index (χ2n) is 1.52. The van der Waals surface area contributed by atoms with Gasteiger partial charge in [-0.2, -0.15) is 0 Å². The molecular formula is C5H9O. The normalized spacial score (nSPS) is 30.5. The summed E-state index contributed by atoms with van der Waals surface area (Å²) in [5.41, 5.74) is 0. The molecule has 35 valence electrons. The van der Waals surface area contributed by atoms with Crippen LogP contribution in [0.3, 0.4) is 0 Å². The minimum atomic E-state index is 0.523. The van der Waals surface area contributed by atoms with Gasteiger partial charge in [0.05, 0.1) is 12.7 Å². The second-order valence-corrected chi connectivity index (χ2v) is 1.52. The Morgan fingerprint density at radius 1 is 2.00 bits per heavy atom. The highest BCUT2D eigenvalue weighted by atomic mass is 16.6. The van der Waals surface area contributed by atoms with Gasteiger partial charge in [-0.25, -0.2) is 0 Å². The molecule has 0 aromatic heterocycles. The van der Waals surface area contributed by atoms with Gasteiger partial charge in [0.1, 0.15) is 0 Å². The van der Waals surface area contributed by atoms with E-state index in [9.17, 15) is 0 Å². The van der Waals surface area contributed by atoms with Crippen LogP contribution in [0.25, 0.3) is 0 Å². The Kier molecular flexibility index (Phi) is 1.10. The van der Waals surface area contributed by atoms with Crippen LogP contribution < -0.4 is 0 Å². The molecule has 1 nitrogen and oxygen atoms in total. The zero-order valence-electron chi connectivity index (χ0n) is 3.98. The molecule has 0 N–H and O–H groups in total. The van der Waals surface area contributed by atoms with Crippen LogP contribution in [0.2, 0.25) is 0 Å². The van der Waals surface area contributed by atoms with E-state index in [0.29, 0.717) is 6.10 Å². The van der Waals surface area contributed by atoms with Crippen molar-refractivity contribution in [1.29, 1.82) is 0 Å². The van der Waals surface area contributed by atoms with E-state index in [2.05, 4.69) is 13.3 Å². The van der Waals surface area contributed by atoms with Gasteiger partial charge in [-0.3, -0.25) is 0 Å². The summed E-state index contributed by atoms with van der Waals surface area (Å²) in [6, 6.07) is 0. The second kappa shape index (κ2) is 1.61. The molecule has 1 atom stereocenters. The van der Waals surface area contributed by atoms with Crippen molar-refractivity contribution in [3.05, 3.63) is 6.42 Å². The zero-order chi connectivity index (χ0) is 4.41. The molecular weight excluding hydrogens is 76.1 g/mol. The standard InChI is InChI=1S/C5H9O/c1-2-3-5-4-6-5/h3,5H,2,4H2,1H3. The lowest BCUT2D eigenvalue weighted by Gasteiger charge is -1.79. The van der Waals surface area contributed by atoms with Crippen LogP contribution in [-0.2, 0) is 4.74 Å². The number of rotatable bonds is 2. The Hall–Kier alpha value is -0.0400. The molecule has 0 spiro atoms. The fourth-order valence-electron chi connectivity index (χ4n) is 0.455. The Morgan fingerprint density at radius 2 is 2.67 bits per heavy atom. The van der Waals surface area contributed by atoms with Crippen molar-refractivity contribution in [3.8, 4) is 0 Å². The van der Waals surface area contributed by atoms with Crippen LogP contribution in [0, 0.1) is 6.42 Å². The number of ether oxygens (including phenoxy) is 1. The van der Waals surface area contributed by atoms with Crippen molar-refractivity contribution in [2.24, 2.45) is 0 Å². The van der Waals surface area contributed by atoms with Crippen molar-refractivity contribution >= 4 is 0 Å². The van der Waals surface area contributed by atoms with Crippen molar-refractivity contribution in [1.82, 2.24) is 0 Å². The average Bonchev–Trinajstić information content (AvgIpc) is 2.21. The fraction of sp³-hybridized carbons (Fsp3) is 0.800. The summed E-state index contributed by atoms with van der Waals surface area (Å²) in [4.78, 5) is 0. The van der Waals surface area contributed by atoms with Crippen LogP contribution in [-0.4, -0.2) is 12.7 Å². The smallest absolute Gasteiger partial charge is 0.0841 e. The highest BCUT2D eigenvalue weighted by Gasteiger charge is 2.20. The minimum absolute atomic E-state index is 0.523. The van der Waals surface area contributed by atoms with E-state index in [1.807, 2.05) is 0 Å². The third kappa shape index (κ3) is 0.977. The van der Waals surface area contributed by atoms with Crippen molar-refractivity contribution < 1.29 is 4.74 Å². The van der Waals surface area contributed by atoms with Crippen LogP contribution in [0.5, 0.6) is 0 Å². The lowest BCUT2D eigenvalue weighted by Crippen LogP contribution is -1.80. The molecule has 0 aliphatic carbocycles. The summed E-state index contributed by atoms with van der Waals surface area (Å²) in [6.07, 6.45) is 3.85. The fourth-order valence-corrected chi connectivity index (χ4v) is 0.455. The molecule has 1 aliphatic heterocycles. The molecule has 1 fully saturated rings. The van der Waals surface area contributed by atoms with Crippen LogP contribution in [0.4, 0.5) is 0 Å². The van der Waals surface area contributed by atoms with Crippen LogP contribution in [0.15, 0.2) is 0 Å². The van der Waals surface area contributed by atoms with E-state index < -0.39 is 0 Å². The lowest BCUT2D eigenvalue weighted by atomic mass is 10.3. The van der Waals surface area contributed by atoms with Crippen LogP contribution >= 0.6 is 0 Å². The summed E-state index contributed by atoms with van der Waals surface area (Å²) < 4.78 is 4.89. The molecule has 1 rings (SSSR count). The highest BCUT2D eigenvalue weighted by molar-refractivity contribution is 4.83. The van der Waals surface area contributed by atoms with Gasteiger partial charge in [0.15, 0.2) is 0 Å². The lowest BCUT2D eigenvalue weighted by molar-refractivity contribution is 0.426. The van der Waals surface area contributed by atoms with Gasteiger partial charge in [-0.1, -0.05) is 13.3 Å². The predicted molar refractivity (Wildman–Crippen MR) is 24.3 cm³/mol. The van der Waals surface area contributed by atoms with Gasteiger partial charge in [0.25, 0.3) is 0 Å². The van der Waals surface area contributed by atoms with Gasteiger partial charge in [-0.05, 0) is 6.42 Å². The maximum Gasteiger partial charge on any atom is 0.0841 e. The van der Waals surface area contributed by atoms with Gasteiger partial charge in [-0.15, -0.1) is 0 Å². The van der Waals surface area contributed by atoms with Gasteiger partial charge >= 0.3 is 0 Å². The quantitative estimate of drug-likeness (QED) is 0.456. The first-order valence-corrected chi connectivity index (χ1v) is 2.38. The predicted octanol–water partition coefficient (Wildman–Crippen LogP) is 0.999. The number of epoxide rings is 1. The summed E-state index contributed by atoms with van der Waals surface area (Å²) in [5.74, 6) is 0. The molecule has 0 bridgehead atoms. The molecule has 1 heteroatoms. The van der Waals surface area contributed by atoms with E-state index in [0.717, 1.165) is 13.0 Å². The van der Waals surface area contributed by atoms with Crippen LogP contribution in [0.1, 0.15) is 13.3 Å². The molecule has 0 saturated carbocycles. The first-order valence-electron chi connectivity index (χ1n) is 2.38. The summed E-state index contributed by atoms with van der Waals surface area (Å²) in [6.45, 7) is 3.09. The van der Waals surface area contributed by atoms with Gasteiger partial charge < -0.3 is 4.74 Å². The summed E-state index contributed by atoms with van der Waals surface area (Å²) in [5, 5.41) is 0. The molecule has 6 heavy (non-hydrogen) atoms. The van der Waals surface area contributed by atoms with E-state index in [1.54, 1.807) is 0 Å². The minimum Gasteiger partial charge on any atom is -0.373 e. The molecule has 1 radical (unpaired) electrons. The Balaban J connectivity index is 1.88. The summed E-state index contributed by atoms with van der Waals surface area (Å²) >= 11 is 0. The van der Waals surface area contributed by atoms with E-state index in [4.69, 9.17) is 4.74 Å². The average molecular weight is 85.1 g/mol. The first-order chi connectivity index (χ1) is 2.93. The third-order valence-corrected chi connectivity index (χ3v) is 0.858. The molecule has 0 aromatic rings. The number of hydrogen-bond acceptors (Lipinski definition) is 1. The Labute approximate surface area is 38.3 Å². The highest BCUT2D eigenvalue weighted by Crippen LogP contribution is 2.12. The van der Waals surface area contributed by atoms with Crippen molar-refractivity contribution in [3.63, 3.8) is 0 Å².